The lowest BCUT2D eigenvalue weighted by Crippen LogP contribution is -2.33. The lowest BCUT2D eigenvalue weighted by molar-refractivity contribution is 0.0775. The molecule has 0 aromatic carbocycles. The predicted octanol–water partition coefficient (Wildman–Crippen LogP) is 5.26. The quantitative estimate of drug-likeness (QED) is 0.653. The summed E-state index contributed by atoms with van der Waals surface area (Å²) in [6, 6.07) is 0. The number of allylic oxidation sites excluding steroid dienone is 3. The van der Waals surface area contributed by atoms with Crippen molar-refractivity contribution in [2.45, 2.75) is 79.2 Å². The highest BCUT2D eigenvalue weighted by Crippen LogP contribution is 2.56. The fourth-order valence-corrected chi connectivity index (χ4v) is 5.28. The van der Waals surface area contributed by atoms with Crippen molar-refractivity contribution in [3.8, 4) is 0 Å². The number of hydrogen-bond acceptors (Lipinski definition) is 1. The summed E-state index contributed by atoms with van der Waals surface area (Å²) in [5, 5.41) is 10.8. The van der Waals surface area contributed by atoms with Crippen LogP contribution in [0, 0.1) is 23.2 Å². The summed E-state index contributed by atoms with van der Waals surface area (Å²) in [5.74, 6) is 1.70. The minimum Gasteiger partial charge on any atom is -0.392 e. The SMILES string of the molecule is CC1=C2C[C@@]3(C)CCC(C(C)C)=C3CC(O)[C@H](C)[C@@H]2CC1. The van der Waals surface area contributed by atoms with E-state index in [9.17, 15) is 5.11 Å². The molecule has 0 aromatic rings. The number of aliphatic hydroxyl groups is 1. The van der Waals surface area contributed by atoms with Gasteiger partial charge in [0.25, 0.3) is 0 Å². The Kier molecular flexibility index (Phi) is 3.84. The number of hydrogen-bond donors (Lipinski definition) is 1. The van der Waals surface area contributed by atoms with Crippen LogP contribution in [-0.4, -0.2) is 11.2 Å². The van der Waals surface area contributed by atoms with Crippen LogP contribution in [0.5, 0.6) is 0 Å². The molecule has 1 heteroatoms. The molecule has 0 amide bonds. The Morgan fingerprint density at radius 1 is 1.24 bits per heavy atom. The van der Waals surface area contributed by atoms with Crippen molar-refractivity contribution in [2.75, 3.05) is 0 Å². The van der Waals surface area contributed by atoms with Gasteiger partial charge in [-0.3, -0.25) is 0 Å². The van der Waals surface area contributed by atoms with E-state index in [0.717, 1.165) is 6.42 Å². The standard InChI is InChI=1S/C20H32O/c1-12(2)15-8-9-20(5)11-17-13(3)6-7-16(17)14(4)19(21)10-18(15)20/h12,14,16,19,21H,6-11H2,1-5H3/t14-,16+,19?,20-/m1/s1. The summed E-state index contributed by atoms with van der Waals surface area (Å²) < 4.78 is 0. The second-order valence-electron chi connectivity index (χ2n) is 8.48. The van der Waals surface area contributed by atoms with Crippen LogP contribution in [0.4, 0.5) is 0 Å². The Hall–Kier alpha value is -0.560. The third-order valence-corrected chi connectivity index (χ3v) is 6.82. The molecule has 3 aliphatic rings. The fourth-order valence-electron chi connectivity index (χ4n) is 5.28. The van der Waals surface area contributed by atoms with E-state index < -0.39 is 0 Å². The maximum atomic E-state index is 10.8. The molecule has 0 bridgehead atoms. The zero-order valence-corrected chi connectivity index (χ0v) is 14.5. The molecule has 0 aliphatic heterocycles. The summed E-state index contributed by atoms with van der Waals surface area (Å²) in [6.45, 7) is 11.7. The highest BCUT2D eigenvalue weighted by molar-refractivity contribution is 5.35. The highest BCUT2D eigenvalue weighted by atomic mass is 16.3. The molecule has 4 atom stereocenters. The first-order chi connectivity index (χ1) is 9.83. The molecule has 118 valence electrons. The molecule has 1 unspecified atom stereocenters. The van der Waals surface area contributed by atoms with Crippen molar-refractivity contribution in [1.82, 2.24) is 0 Å². The first-order valence-corrected chi connectivity index (χ1v) is 8.92. The Bertz CT molecular complexity index is 496. The van der Waals surface area contributed by atoms with E-state index in [1.165, 1.54) is 32.1 Å². The van der Waals surface area contributed by atoms with Gasteiger partial charge < -0.3 is 5.11 Å². The average Bonchev–Trinajstić information content (AvgIpc) is 2.91. The van der Waals surface area contributed by atoms with E-state index in [2.05, 4.69) is 34.6 Å². The van der Waals surface area contributed by atoms with E-state index >= 15 is 0 Å². The van der Waals surface area contributed by atoms with Crippen LogP contribution in [0.2, 0.25) is 0 Å². The van der Waals surface area contributed by atoms with Gasteiger partial charge in [0.15, 0.2) is 0 Å². The van der Waals surface area contributed by atoms with Gasteiger partial charge in [-0.05, 0) is 68.6 Å². The second-order valence-corrected chi connectivity index (χ2v) is 8.48. The van der Waals surface area contributed by atoms with Crippen LogP contribution in [0.1, 0.15) is 73.1 Å². The summed E-state index contributed by atoms with van der Waals surface area (Å²) in [5.41, 5.74) is 6.91. The van der Waals surface area contributed by atoms with Gasteiger partial charge in [0.2, 0.25) is 0 Å². The largest absolute Gasteiger partial charge is 0.392 e. The van der Waals surface area contributed by atoms with Gasteiger partial charge in [-0.15, -0.1) is 0 Å². The van der Waals surface area contributed by atoms with Crippen LogP contribution < -0.4 is 0 Å². The van der Waals surface area contributed by atoms with Gasteiger partial charge in [-0.25, -0.2) is 0 Å². The predicted molar refractivity (Wildman–Crippen MR) is 89.0 cm³/mol. The molecule has 0 heterocycles. The van der Waals surface area contributed by atoms with E-state index in [0.29, 0.717) is 23.2 Å². The maximum Gasteiger partial charge on any atom is 0.0608 e. The zero-order valence-electron chi connectivity index (χ0n) is 14.5. The molecule has 1 saturated carbocycles. The zero-order chi connectivity index (χ0) is 15.4. The molecule has 0 aromatic heterocycles. The lowest BCUT2D eigenvalue weighted by atomic mass is 9.67. The van der Waals surface area contributed by atoms with Crippen molar-refractivity contribution in [1.29, 1.82) is 0 Å². The first-order valence-electron chi connectivity index (χ1n) is 8.92. The van der Waals surface area contributed by atoms with Gasteiger partial charge in [-0.1, -0.05) is 50.0 Å². The van der Waals surface area contributed by atoms with Crippen LogP contribution in [0.3, 0.4) is 0 Å². The monoisotopic (exact) mass is 288 g/mol. The Balaban J connectivity index is 2.05. The van der Waals surface area contributed by atoms with E-state index in [-0.39, 0.29) is 6.10 Å². The van der Waals surface area contributed by atoms with Gasteiger partial charge in [0.05, 0.1) is 6.10 Å². The number of rotatable bonds is 1. The van der Waals surface area contributed by atoms with Crippen LogP contribution in [-0.2, 0) is 0 Å². The summed E-state index contributed by atoms with van der Waals surface area (Å²) >= 11 is 0. The van der Waals surface area contributed by atoms with Crippen molar-refractivity contribution in [3.05, 3.63) is 22.3 Å². The summed E-state index contributed by atoms with van der Waals surface area (Å²) in [6.07, 6.45) is 7.09. The topological polar surface area (TPSA) is 20.2 Å². The summed E-state index contributed by atoms with van der Waals surface area (Å²) in [4.78, 5) is 0. The third kappa shape index (κ3) is 2.42. The van der Waals surface area contributed by atoms with Crippen molar-refractivity contribution in [3.63, 3.8) is 0 Å². The summed E-state index contributed by atoms with van der Waals surface area (Å²) in [7, 11) is 0. The van der Waals surface area contributed by atoms with Crippen LogP contribution >= 0.6 is 0 Å². The van der Waals surface area contributed by atoms with Crippen molar-refractivity contribution in [2.24, 2.45) is 23.2 Å². The van der Waals surface area contributed by atoms with Gasteiger partial charge in [0, 0.05) is 0 Å². The second kappa shape index (κ2) is 5.26. The Morgan fingerprint density at radius 3 is 2.62 bits per heavy atom. The molecule has 1 fully saturated rings. The molecular weight excluding hydrogens is 256 g/mol. The minimum absolute atomic E-state index is 0.155. The highest BCUT2D eigenvalue weighted by Gasteiger charge is 2.44. The average molecular weight is 288 g/mol. The van der Waals surface area contributed by atoms with Crippen LogP contribution in [0.25, 0.3) is 0 Å². The molecule has 3 aliphatic carbocycles. The van der Waals surface area contributed by atoms with Crippen molar-refractivity contribution < 1.29 is 5.11 Å². The Labute approximate surface area is 130 Å². The van der Waals surface area contributed by atoms with E-state index in [4.69, 9.17) is 0 Å². The first kappa shape index (κ1) is 15.3. The minimum atomic E-state index is -0.155. The molecule has 0 radical (unpaired) electrons. The third-order valence-electron chi connectivity index (χ3n) is 6.82. The lowest BCUT2D eigenvalue weighted by Gasteiger charge is -2.39. The smallest absolute Gasteiger partial charge is 0.0608 e. The molecule has 1 nitrogen and oxygen atoms in total. The van der Waals surface area contributed by atoms with E-state index in [1.807, 2.05) is 0 Å². The molecule has 0 saturated heterocycles. The number of aliphatic hydroxyl groups excluding tert-OH is 1. The Morgan fingerprint density at radius 2 is 1.95 bits per heavy atom. The normalized spacial score (nSPS) is 40.4. The van der Waals surface area contributed by atoms with E-state index in [1.54, 1.807) is 22.3 Å². The molecule has 1 N–H and O–H groups in total. The van der Waals surface area contributed by atoms with Gasteiger partial charge in [-0.2, -0.15) is 0 Å². The molecule has 0 spiro atoms. The number of fused-ring (bicyclic) bond motifs is 2. The fraction of sp³-hybridized carbons (Fsp3) is 0.800. The molecule has 21 heavy (non-hydrogen) atoms. The molecule has 3 rings (SSSR count). The van der Waals surface area contributed by atoms with Gasteiger partial charge >= 0.3 is 0 Å². The van der Waals surface area contributed by atoms with Crippen molar-refractivity contribution >= 4 is 0 Å². The molecular formula is C20H32O. The van der Waals surface area contributed by atoms with Crippen LogP contribution in [0.15, 0.2) is 22.3 Å². The maximum absolute atomic E-state index is 10.8. The van der Waals surface area contributed by atoms with Gasteiger partial charge in [0.1, 0.15) is 0 Å².